The van der Waals surface area contributed by atoms with Crippen LogP contribution in [0.25, 0.3) is 21.5 Å². The average Bonchev–Trinajstić information content (AvgIpc) is 3.87. The van der Waals surface area contributed by atoms with Crippen molar-refractivity contribution in [1.29, 1.82) is 0 Å². The maximum atomic E-state index is 7.70. The lowest BCUT2D eigenvalue weighted by atomic mass is 10.1. The van der Waals surface area contributed by atoms with Crippen molar-refractivity contribution in [1.82, 2.24) is 8.96 Å². The van der Waals surface area contributed by atoms with Gasteiger partial charge in [0.25, 0.3) is 0 Å². The topological polar surface area (TPSA) is 59.3 Å². The van der Waals surface area contributed by atoms with Crippen molar-refractivity contribution in [2.45, 2.75) is 151 Å². The quantitative estimate of drug-likeness (QED) is 0.0353. The van der Waals surface area contributed by atoms with Crippen LogP contribution in [0, 0.1) is 0 Å². The smallest absolute Gasteiger partial charge is 0.319 e. The van der Waals surface area contributed by atoms with Crippen molar-refractivity contribution in [3.05, 3.63) is 76.7 Å². The summed E-state index contributed by atoms with van der Waals surface area (Å²) in [5.74, 6) is 6.37. The third kappa shape index (κ3) is 9.61. The van der Waals surface area contributed by atoms with Gasteiger partial charge in [0.2, 0.25) is 0 Å². The molecule has 4 bridgehead atoms. The van der Waals surface area contributed by atoms with Crippen LogP contribution in [-0.2, 0) is 0 Å². The number of nitrogens with zero attached hydrogens (tertiary/aromatic N) is 6. The van der Waals surface area contributed by atoms with Crippen molar-refractivity contribution in [3.8, 4) is 0 Å². The van der Waals surface area contributed by atoms with Crippen LogP contribution in [0.3, 0.4) is 0 Å². The van der Waals surface area contributed by atoms with E-state index in [0.29, 0.717) is 11.7 Å². The van der Waals surface area contributed by atoms with E-state index in [0.717, 1.165) is 72.5 Å². The Morgan fingerprint density at radius 2 is 0.915 bits per heavy atom. The molecule has 3 aliphatic rings. The molecule has 0 atom stereocenters. The molecule has 0 saturated carbocycles. The third-order valence-corrected chi connectivity index (χ3v) is 15.5. The van der Waals surface area contributed by atoms with Gasteiger partial charge in [-0.05, 0) is 91.1 Å². The van der Waals surface area contributed by atoms with E-state index in [9.17, 15) is 0 Å². The molecule has 0 N–H and O–H groups in total. The lowest BCUT2D eigenvalue weighted by Crippen LogP contribution is -2.44. The predicted octanol–water partition coefficient (Wildman–Crippen LogP) is 14.3. The van der Waals surface area contributed by atoms with Crippen LogP contribution in [-0.4, -0.2) is 44.3 Å². The van der Waals surface area contributed by atoms with Crippen molar-refractivity contribution >= 4 is 98.0 Å². The number of aromatic nitrogens is 2. The van der Waals surface area contributed by atoms with Crippen LogP contribution in [0.15, 0.2) is 89.3 Å². The molecule has 0 radical (unpaired) electrons. The maximum Gasteiger partial charge on any atom is 0.499 e. The zero-order chi connectivity index (χ0) is 40.6. The first kappa shape index (κ1) is 42.8. The normalized spacial score (nSPS) is 13.8. The molecule has 59 heavy (non-hydrogen) atoms. The standard InChI is InChI=1S/C48H60BClN6S3/c1-4-7-10-13-16-19-28-57-34-22-25-37-40(31-34)44-51-43(37)52-47-41-32-35(58-29-20-17-14-11-8-5-2)24-27-39(41)46-54-48-42-33-36(59-30-21-18-15-12-9-6-3)23-26-38(42)45(53-44)55(48)49(50)56(46)47/h22-27,31-33H,4-21,28-30H2,1-3H3. The minimum absolute atomic E-state index is 0.599. The fourth-order valence-electron chi connectivity index (χ4n) is 8.58. The summed E-state index contributed by atoms with van der Waals surface area (Å²) in [6, 6.07) is 20.3. The molecule has 6 nitrogen and oxygen atoms in total. The Hall–Kier alpha value is -2.92. The molecule has 0 fully saturated rings. The van der Waals surface area contributed by atoms with Crippen LogP contribution >= 0.6 is 46.7 Å². The van der Waals surface area contributed by atoms with E-state index in [1.807, 2.05) is 35.3 Å². The Morgan fingerprint density at radius 3 is 1.53 bits per heavy atom. The van der Waals surface area contributed by atoms with Crippen molar-refractivity contribution in [3.63, 3.8) is 0 Å². The number of hydrogen-bond acceptors (Lipinski definition) is 7. The largest absolute Gasteiger partial charge is 0.499 e. The molecule has 8 rings (SSSR count). The zero-order valence-electron chi connectivity index (χ0n) is 35.4. The van der Waals surface area contributed by atoms with E-state index in [2.05, 4.69) is 84.3 Å². The lowest BCUT2D eigenvalue weighted by molar-refractivity contribution is 0.627. The summed E-state index contributed by atoms with van der Waals surface area (Å²) in [7, 11) is 0. The molecule has 3 aromatic carbocycles. The fourth-order valence-corrected chi connectivity index (χ4v) is 11.8. The van der Waals surface area contributed by atoms with E-state index < -0.39 is 6.40 Å². The molecule has 0 aliphatic carbocycles. The molecule has 0 spiro atoms. The summed E-state index contributed by atoms with van der Waals surface area (Å²) in [6.45, 7) is 6.84. The number of fused-ring (bicyclic) bond motifs is 10. The van der Waals surface area contributed by atoms with Gasteiger partial charge in [0, 0.05) is 47.4 Å². The Balaban J connectivity index is 1.18. The summed E-state index contributed by atoms with van der Waals surface area (Å²) in [6.07, 6.45) is 22.9. The minimum atomic E-state index is -0.599. The predicted molar refractivity (Wildman–Crippen MR) is 260 cm³/mol. The molecule has 5 heterocycles. The highest BCUT2D eigenvalue weighted by molar-refractivity contribution is 7.99. The third-order valence-electron chi connectivity index (χ3n) is 11.9. The first-order valence-electron chi connectivity index (χ1n) is 22.7. The molecule has 5 aromatic rings. The van der Waals surface area contributed by atoms with Crippen molar-refractivity contribution < 1.29 is 0 Å². The summed E-state index contributed by atoms with van der Waals surface area (Å²) in [4.78, 5) is 25.3. The molecule has 0 unspecified atom stereocenters. The van der Waals surface area contributed by atoms with Gasteiger partial charge in [-0.1, -0.05) is 117 Å². The highest BCUT2D eigenvalue weighted by Crippen LogP contribution is 2.43. The van der Waals surface area contributed by atoms with Crippen LogP contribution in [0.2, 0.25) is 0 Å². The number of unbranched alkanes of at least 4 members (excludes halogenated alkanes) is 15. The summed E-state index contributed by atoms with van der Waals surface area (Å²) < 4.78 is 4.24. The van der Waals surface area contributed by atoms with Gasteiger partial charge in [-0.25, -0.2) is 20.0 Å². The number of aliphatic imine (C=N–C) groups is 2. The van der Waals surface area contributed by atoms with E-state index in [-0.39, 0.29) is 0 Å². The van der Waals surface area contributed by atoms with E-state index in [4.69, 9.17) is 31.4 Å². The SMILES string of the molecule is CCCCCCCCSc1ccc2c(c1)C1=Nc3c4ccc(SCCCCCCCC)cc4c4n3B(Cl)n3c(c5cc(SCCCCCCCC)ccc5c3=N4)=NC2=N1. The number of hydrogen-bond donors (Lipinski definition) is 0. The molecular weight excluding hydrogens is 803 g/mol. The molecule has 11 heteroatoms. The Labute approximate surface area is 369 Å². The number of benzene rings is 3. The molecule has 2 aromatic heterocycles. The molecular formula is C48H60BClN6S3. The molecule has 0 amide bonds. The molecule has 310 valence electrons. The number of rotatable bonds is 24. The van der Waals surface area contributed by atoms with Gasteiger partial charge in [0.1, 0.15) is 22.6 Å². The van der Waals surface area contributed by atoms with Crippen LogP contribution in [0.1, 0.15) is 147 Å². The first-order valence-corrected chi connectivity index (χ1v) is 26.1. The zero-order valence-corrected chi connectivity index (χ0v) is 38.6. The summed E-state index contributed by atoms with van der Waals surface area (Å²) >= 11 is 13.5. The summed E-state index contributed by atoms with van der Waals surface area (Å²) in [5, 5.41) is 4.26. The average molecular weight is 864 g/mol. The van der Waals surface area contributed by atoms with Gasteiger partial charge >= 0.3 is 6.40 Å². The second kappa shape index (κ2) is 20.8. The van der Waals surface area contributed by atoms with Gasteiger partial charge < -0.3 is 8.96 Å². The summed E-state index contributed by atoms with van der Waals surface area (Å²) in [5.41, 5.74) is 3.70. The van der Waals surface area contributed by atoms with Gasteiger partial charge in [-0.2, -0.15) is 0 Å². The fraction of sp³-hybridized carbons (Fsp3) is 0.500. The van der Waals surface area contributed by atoms with Crippen molar-refractivity contribution in [2.75, 3.05) is 17.3 Å². The molecule has 3 aliphatic heterocycles. The van der Waals surface area contributed by atoms with Crippen LogP contribution < -0.4 is 11.0 Å². The van der Waals surface area contributed by atoms with E-state index in [1.165, 1.54) is 130 Å². The van der Waals surface area contributed by atoms with Crippen LogP contribution in [0.5, 0.6) is 0 Å². The number of amidine groups is 2. The minimum Gasteiger partial charge on any atom is -0.319 e. The van der Waals surface area contributed by atoms with Gasteiger partial charge in [0.15, 0.2) is 11.7 Å². The van der Waals surface area contributed by atoms with E-state index >= 15 is 0 Å². The van der Waals surface area contributed by atoms with E-state index in [1.54, 1.807) is 0 Å². The molecule has 0 saturated heterocycles. The number of halogens is 1. The highest BCUT2D eigenvalue weighted by atomic mass is 35.5. The first-order chi connectivity index (χ1) is 29.1. The second-order valence-corrected chi connectivity index (χ2v) is 20.3. The monoisotopic (exact) mass is 862 g/mol. The highest BCUT2D eigenvalue weighted by Gasteiger charge is 2.36. The lowest BCUT2D eigenvalue weighted by Gasteiger charge is -2.18. The van der Waals surface area contributed by atoms with Gasteiger partial charge in [-0.3, -0.25) is 0 Å². The maximum absolute atomic E-state index is 7.70. The Kier molecular flexibility index (Phi) is 15.1. The van der Waals surface area contributed by atoms with Crippen LogP contribution in [0.4, 0.5) is 11.6 Å². The van der Waals surface area contributed by atoms with Gasteiger partial charge in [0.05, 0.1) is 0 Å². The Morgan fingerprint density at radius 1 is 0.441 bits per heavy atom. The number of thioether (sulfide) groups is 3. The van der Waals surface area contributed by atoms with Crippen molar-refractivity contribution in [2.24, 2.45) is 20.0 Å². The van der Waals surface area contributed by atoms with Gasteiger partial charge in [-0.15, -0.1) is 46.7 Å². The Bertz CT molecular complexity index is 2450. The second-order valence-electron chi connectivity index (χ2n) is 16.4.